The number of pyridine rings is 1. The van der Waals surface area contributed by atoms with Gasteiger partial charge in [0.1, 0.15) is 5.69 Å². The number of hydrogen-bond donors (Lipinski definition) is 0. The molecule has 0 spiro atoms. The van der Waals surface area contributed by atoms with Gasteiger partial charge in [-0.25, -0.2) is 9.50 Å². The first-order chi connectivity index (χ1) is 13.5. The van der Waals surface area contributed by atoms with E-state index >= 15 is 0 Å². The maximum absolute atomic E-state index is 6.83. The average molecular weight is 447 g/mol. The fourth-order valence-corrected chi connectivity index (χ4v) is 5.29. The summed E-state index contributed by atoms with van der Waals surface area (Å²) in [5.74, 6) is 0.476. The zero-order chi connectivity index (χ0) is 19.8. The molecule has 29 heavy (non-hydrogen) atoms. The van der Waals surface area contributed by atoms with Gasteiger partial charge in [-0.15, -0.1) is 23.7 Å². The number of imidazole rings is 1. The molecule has 4 nitrogen and oxygen atoms in total. The molecule has 4 aromatic rings. The third kappa shape index (κ3) is 3.79. The summed E-state index contributed by atoms with van der Waals surface area (Å²) in [6.07, 6.45) is 5.78. The number of rotatable bonds is 5. The van der Waals surface area contributed by atoms with Crippen LogP contribution in [0, 0.1) is 13.8 Å². The van der Waals surface area contributed by atoms with Gasteiger partial charge in [-0.3, -0.25) is 4.98 Å². The second-order valence-electron chi connectivity index (χ2n) is 7.07. The minimum absolute atomic E-state index is 0. The number of fused-ring (bicyclic) bond motifs is 1. The van der Waals surface area contributed by atoms with E-state index in [4.69, 9.17) is 21.7 Å². The summed E-state index contributed by atoms with van der Waals surface area (Å²) in [6.45, 7) is 8.54. The van der Waals surface area contributed by atoms with Crippen molar-refractivity contribution in [1.29, 1.82) is 0 Å². The number of aryl methyl sites for hydroxylation is 2. The van der Waals surface area contributed by atoms with Gasteiger partial charge in [-0.1, -0.05) is 31.5 Å². The molecular weight excluding hydrogens is 423 g/mol. The van der Waals surface area contributed by atoms with Crippen LogP contribution in [-0.2, 0) is 0 Å². The standard InChI is InChI=1S/C22H23ClN4S.ClH/c1-5-15(6-2)17-10-13(3)26-27-20(14(4)25-22(17)27)21-19(23)18(12-28-21)16-8-7-9-24-11-16;/h7-12,15H,5-6H2,1-4H3;1H. The van der Waals surface area contributed by atoms with Gasteiger partial charge >= 0.3 is 0 Å². The van der Waals surface area contributed by atoms with Crippen LogP contribution in [0.5, 0.6) is 0 Å². The van der Waals surface area contributed by atoms with Gasteiger partial charge in [0.2, 0.25) is 0 Å². The fraction of sp³-hybridized carbons (Fsp3) is 0.318. The Hall–Kier alpha value is -1.95. The Morgan fingerprint density at radius 1 is 1.21 bits per heavy atom. The zero-order valence-electron chi connectivity index (χ0n) is 16.9. The van der Waals surface area contributed by atoms with Crippen molar-refractivity contribution in [2.24, 2.45) is 0 Å². The Bertz CT molecular complexity index is 1130. The van der Waals surface area contributed by atoms with Crippen molar-refractivity contribution in [2.45, 2.75) is 46.5 Å². The molecule has 152 valence electrons. The van der Waals surface area contributed by atoms with E-state index in [1.165, 1.54) is 5.56 Å². The highest BCUT2D eigenvalue weighted by Gasteiger charge is 2.23. The largest absolute Gasteiger partial charge is 0.264 e. The van der Waals surface area contributed by atoms with Crippen LogP contribution in [0.3, 0.4) is 0 Å². The monoisotopic (exact) mass is 446 g/mol. The molecule has 0 radical (unpaired) electrons. The van der Waals surface area contributed by atoms with Gasteiger partial charge in [0.05, 0.1) is 21.3 Å². The van der Waals surface area contributed by atoms with Crippen molar-refractivity contribution in [3.05, 3.63) is 57.9 Å². The van der Waals surface area contributed by atoms with E-state index in [0.29, 0.717) is 5.92 Å². The molecule has 7 heteroatoms. The molecule has 0 unspecified atom stereocenters. The Labute approximate surface area is 186 Å². The molecule has 0 atom stereocenters. The summed E-state index contributed by atoms with van der Waals surface area (Å²) in [4.78, 5) is 10.1. The SMILES string of the molecule is CCC(CC)c1cc(C)nn2c(-c3scc(-c4cccnc4)c3Cl)c(C)nc12.Cl. The fourth-order valence-electron chi connectivity index (χ4n) is 3.79. The summed E-state index contributed by atoms with van der Waals surface area (Å²) in [5, 5.41) is 7.62. The Morgan fingerprint density at radius 3 is 2.62 bits per heavy atom. The van der Waals surface area contributed by atoms with E-state index in [1.807, 2.05) is 36.7 Å². The summed E-state index contributed by atoms with van der Waals surface area (Å²) in [6, 6.07) is 6.13. The minimum atomic E-state index is 0. The molecule has 4 aromatic heterocycles. The lowest BCUT2D eigenvalue weighted by atomic mass is 9.95. The lowest BCUT2D eigenvalue weighted by molar-refractivity contribution is 0.638. The van der Waals surface area contributed by atoms with Crippen molar-refractivity contribution in [1.82, 2.24) is 19.6 Å². The lowest BCUT2D eigenvalue weighted by Crippen LogP contribution is -2.04. The van der Waals surface area contributed by atoms with Gasteiger partial charge in [0.25, 0.3) is 0 Å². The van der Waals surface area contributed by atoms with E-state index in [-0.39, 0.29) is 12.4 Å². The molecule has 4 heterocycles. The Balaban J connectivity index is 0.00000240. The quantitative estimate of drug-likeness (QED) is 0.327. The third-order valence-corrected chi connectivity index (χ3v) is 6.74. The van der Waals surface area contributed by atoms with Gasteiger partial charge in [0.15, 0.2) is 5.65 Å². The molecule has 0 aliphatic heterocycles. The summed E-state index contributed by atoms with van der Waals surface area (Å²) < 4.78 is 1.99. The van der Waals surface area contributed by atoms with Gasteiger partial charge in [-0.05, 0) is 44.7 Å². The molecule has 0 aliphatic carbocycles. The van der Waals surface area contributed by atoms with E-state index in [1.54, 1.807) is 17.5 Å². The second kappa shape index (κ2) is 8.82. The highest BCUT2D eigenvalue weighted by molar-refractivity contribution is 7.14. The maximum atomic E-state index is 6.83. The summed E-state index contributed by atoms with van der Waals surface area (Å²) in [7, 11) is 0. The molecule has 0 saturated carbocycles. The zero-order valence-corrected chi connectivity index (χ0v) is 19.3. The number of hydrogen-bond acceptors (Lipinski definition) is 4. The number of nitrogens with zero attached hydrogens (tertiary/aromatic N) is 4. The highest BCUT2D eigenvalue weighted by Crippen LogP contribution is 2.43. The maximum Gasteiger partial charge on any atom is 0.158 e. The van der Waals surface area contributed by atoms with Gasteiger partial charge in [0, 0.05) is 34.5 Å². The third-order valence-electron chi connectivity index (χ3n) is 5.25. The molecule has 4 rings (SSSR count). The number of halogens is 2. The molecule has 0 saturated heterocycles. The molecule has 0 aromatic carbocycles. The predicted octanol–water partition coefficient (Wildman–Crippen LogP) is 7.12. The van der Waals surface area contributed by atoms with Crippen LogP contribution in [-0.4, -0.2) is 19.6 Å². The smallest absolute Gasteiger partial charge is 0.158 e. The molecule has 0 bridgehead atoms. The van der Waals surface area contributed by atoms with E-state index < -0.39 is 0 Å². The van der Waals surface area contributed by atoms with Crippen LogP contribution in [0.15, 0.2) is 36.0 Å². The first-order valence-electron chi connectivity index (χ1n) is 9.59. The van der Waals surface area contributed by atoms with Crippen LogP contribution in [0.2, 0.25) is 5.02 Å². The molecular formula is C22H24Cl2N4S. The van der Waals surface area contributed by atoms with Crippen LogP contribution in [0.4, 0.5) is 0 Å². The Morgan fingerprint density at radius 2 is 1.97 bits per heavy atom. The normalized spacial score (nSPS) is 11.2. The summed E-state index contributed by atoms with van der Waals surface area (Å²) in [5.41, 5.74) is 7.16. The minimum Gasteiger partial charge on any atom is -0.264 e. The van der Waals surface area contributed by atoms with Crippen molar-refractivity contribution < 1.29 is 0 Å². The molecule has 0 aliphatic rings. The van der Waals surface area contributed by atoms with Crippen LogP contribution >= 0.6 is 35.3 Å². The van der Waals surface area contributed by atoms with E-state index in [9.17, 15) is 0 Å². The topological polar surface area (TPSA) is 43.1 Å². The van der Waals surface area contributed by atoms with Crippen molar-refractivity contribution in [2.75, 3.05) is 0 Å². The highest BCUT2D eigenvalue weighted by atomic mass is 35.5. The van der Waals surface area contributed by atoms with Crippen LogP contribution in [0.1, 0.15) is 49.6 Å². The van der Waals surface area contributed by atoms with Crippen molar-refractivity contribution in [3.63, 3.8) is 0 Å². The first-order valence-corrected chi connectivity index (χ1v) is 10.9. The van der Waals surface area contributed by atoms with Crippen molar-refractivity contribution in [3.8, 4) is 21.7 Å². The van der Waals surface area contributed by atoms with E-state index in [2.05, 4.69) is 30.3 Å². The van der Waals surface area contributed by atoms with E-state index in [0.717, 1.165) is 56.6 Å². The average Bonchev–Trinajstić information content (AvgIpc) is 3.22. The van der Waals surface area contributed by atoms with Gasteiger partial charge < -0.3 is 0 Å². The van der Waals surface area contributed by atoms with Gasteiger partial charge in [-0.2, -0.15) is 5.10 Å². The van der Waals surface area contributed by atoms with Crippen LogP contribution < -0.4 is 0 Å². The molecule has 0 N–H and O–H groups in total. The molecule has 0 amide bonds. The number of thiophene rings is 1. The van der Waals surface area contributed by atoms with Crippen LogP contribution in [0.25, 0.3) is 27.3 Å². The lowest BCUT2D eigenvalue weighted by Gasteiger charge is -2.14. The molecule has 0 fully saturated rings. The first kappa shape index (κ1) is 21.8. The second-order valence-corrected chi connectivity index (χ2v) is 8.33. The number of aromatic nitrogens is 4. The summed E-state index contributed by atoms with van der Waals surface area (Å²) >= 11 is 8.46. The Kier molecular flexibility index (Phi) is 6.62. The predicted molar refractivity (Wildman–Crippen MR) is 125 cm³/mol. The van der Waals surface area contributed by atoms with Crippen molar-refractivity contribution >= 4 is 41.0 Å².